The molecule has 1 aromatic rings. The summed E-state index contributed by atoms with van der Waals surface area (Å²) in [6.07, 6.45) is 1.42. The summed E-state index contributed by atoms with van der Waals surface area (Å²) in [5, 5.41) is 11.8. The molecular formula is C15H19NO3. The molecule has 4 nitrogen and oxygen atoms in total. The highest BCUT2D eigenvalue weighted by molar-refractivity contribution is 5.81. The molecule has 0 aromatic heterocycles. The summed E-state index contributed by atoms with van der Waals surface area (Å²) < 4.78 is 0. The number of carboxylic acids is 1. The van der Waals surface area contributed by atoms with E-state index in [0.29, 0.717) is 12.3 Å². The molecule has 3 atom stereocenters. The zero-order valence-electron chi connectivity index (χ0n) is 11.0. The Hall–Kier alpha value is -1.84. The predicted molar refractivity (Wildman–Crippen MR) is 71.5 cm³/mol. The Morgan fingerprint density at radius 1 is 1.37 bits per heavy atom. The molecule has 1 aliphatic carbocycles. The molecule has 2 rings (SSSR count). The van der Waals surface area contributed by atoms with Crippen LogP contribution in [-0.2, 0) is 9.59 Å². The number of hydrogen-bond acceptors (Lipinski definition) is 2. The Morgan fingerprint density at radius 3 is 2.53 bits per heavy atom. The van der Waals surface area contributed by atoms with E-state index in [0.717, 1.165) is 12.0 Å². The lowest BCUT2D eigenvalue weighted by Crippen LogP contribution is -2.30. The largest absolute Gasteiger partial charge is 0.481 e. The van der Waals surface area contributed by atoms with Crippen LogP contribution in [0.4, 0.5) is 0 Å². The fourth-order valence-corrected chi connectivity index (χ4v) is 2.24. The first-order valence-electron chi connectivity index (χ1n) is 6.65. The van der Waals surface area contributed by atoms with Crippen molar-refractivity contribution < 1.29 is 14.7 Å². The quantitative estimate of drug-likeness (QED) is 0.826. The van der Waals surface area contributed by atoms with Gasteiger partial charge in [0.05, 0.1) is 6.04 Å². The van der Waals surface area contributed by atoms with Gasteiger partial charge in [0.2, 0.25) is 5.91 Å². The molecule has 0 unspecified atom stereocenters. The van der Waals surface area contributed by atoms with Crippen molar-refractivity contribution in [2.24, 2.45) is 11.8 Å². The highest BCUT2D eigenvalue weighted by Crippen LogP contribution is 2.38. The van der Waals surface area contributed by atoms with Gasteiger partial charge in [-0.3, -0.25) is 9.59 Å². The maximum absolute atomic E-state index is 12.0. The lowest BCUT2D eigenvalue weighted by Gasteiger charge is -2.18. The third-order valence-electron chi connectivity index (χ3n) is 3.61. The number of benzene rings is 1. The van der Waals surface area contributed by atoms with Crippen LogP contribution in [0.15, 0.2) is 30.3 Å². The van der Waals surface area contributed by atoms with Crippen molar-refractivity contribution in [3.05, 3.63) is 35.9 Å². The van der Waals surface area contributed by atoms with Gasteiger partial charge in [0.15, 0.2) is 0 Å². The van der Waals surface area contributed by atoms with Crippen LogP contribution in [0.3, 0.4) is 0 Å². The molecule has 1 saturated carbocycles. The van der Waals surface area contributed by atoms with Crippen LogP contribution >= 0.6 is 0 Å². The molecule has 2 N–H and O–H groups in total. The van der Waals surface area contributed by atoms with Crippen LogP contribution in [0.5, 0.6) is 0 Å². The van der Waals surface area contributed by atoms with E-state index in [1.165, 1.54) is 0 Å². The molecule has 102 valence electrons. The van der Waals surface area contributed by atoms with Gasteiger partial charge in [-0.2, -0.15) is 0 Å². The SMILES string of the molecule is C[C@@H]1C[C@H]1C(=O)N[C@H](CCC(=O)O)c1ccccc1. The van der Waals surface area contributed by atoms with Gasteiger partial charge in [-0.05, 0) is 24.3 Å². The number of amides is 1. The van der Waals surface area contributed by atoms with Crippen molar-refractivity contribution in [2.75, 3.05) is 0 Å². The molecule has 1 fully saturated rings. The summed E-state index contributed by atoms with van der Waals surface area (Å²) in [4.78, 5) is 22.7. The topological polar surface area (TPSA) is 66.4 Å². The molecule has 0 heterocycles. The molecule has 4 heteroatoms. The predicted octanol–water partition coefficient (Wildman–Crippen LogP) is 2.36. The zero-order valence-corrected chi connectivity index (χ0v) is 11.0. The van der Waals surface area contributed by atoms with Crippen molar-refractivity contribution in [1.82, 2.24) is 5.32 Å². The van der Waals surface area contributed by atoms with Gasteiger partial charge >= 0.3 is 5.97 Å². The first-order chi connectivity index (χ1) is 9.08. The highest BCUT2D eigenvalue weighted by atomic mass is 16.4. The van der Waals surface area contributed by atoms with Crippen molar-refractivity contribution in [1.29, 1.82) is 0 Å². The van der Waals surface area contributed by atoms with E-state index in [1.54, 1.807) is 0 Å². The van der Waals surface area contributed by atoms with Crippen molar-refractivity contribution in [3.63, 3.8) is 0 Å². The molecule has 1 aliphatic rings. The summed E-state index contributed by atoms with van der Waals surface area (Å²) in [6, 6.07) is 9.33. The summed E-state index contributed by atoms with van der Waals surface area (Å²) in [5.41, 5.74) is 0.963. The maximum Gasteiger partial charge on any atom is 0.303 e. The van der Waals surface area contributed by atoms with E-state index in [4.69, 9.17) is 5.11 Å². The Labute approximate surface area is 112 Å². The van der Waals surface area contributed by atoms with E-state index in [-0.39, 0.29) is 24.3 Å². The van der Waals surface area contributed by atoms with Crippen LogP contribution in [0.2, 0.25) is 0 Å². The van der Waals surface area contributed by atoms with Gasteiger partial charge in [-0.1, -0.05) is 37.3 Å². The minimum Gasteiger partial charge on any atom is -0.481 e. The second-order valence-corrected chi connectivity index (χ2v) is 5.22. The van der Waals surface area contributed by atoms with E-state index in [1.807, 2.05) is 30.3 Å². The lowest BCUT2D eigenvalue weighted by atomic mass is 10.0. The van der Waals surface area contributed by atoms with Gasteiger partial charge in [-0.25, -0.2) is 0 Å². The third kappa shape index (κ3) is 3.81. The van der Waals surface area contributed by atoms with Crippen LogP contribution in [0.1, 0.15) is 37.8 Å². The molecule has 0 aliphatic heterocycles. The van der Waals surface area contributed by atoms with Crippen LogP contribution in [-0.4, -0.2) is 17.0 Å². The molecule has 0 spiro atoms. The maximum atomic E-state index is 12.0. The number of nitrogens with one attached hydrogen (secondary N) is 1. The average Bonchev–Trinajstić information content (AvgIpc) is 3.12. The highest BCUT2D eigenvalue weighted by Gasteiger charge is 2.39. The van der Waals surface area contributed by atoms with E-state index >= 15 is 0 Å². The smallest absolute Gasteiger partial charge is 0.303 e. The molecule has 0 radical (unpaired) electrons. The Balaban J connectivity index is 2.01. The first-order valence-corrected chi connectivity index (χ1v) is 6.65. The fourth-order valence-electron chi connectivity index (χ4n) is 2.24. The molecule has 1 aromatic carbocycles. The Kier molecular flexibility index (Phi) is 4.20. The Bertz CT molecular complexity index is 458. The van der Waals surface area contributed by atoms with Crippen molar-refractivity contribution in [3.8, 4) is 0 Å². The molecule has 19 heavy (non-hydrogen) atoms. The lowest BCUT2D eigenvalue weighted by molar-refractivity contribution is -0.137. The number of carbonyl (C=O) groups excluding carboxylic acids is 1. The number of hydrogen-bond donors (Lipinski definition) is 2. The van der Waals surface area contributed by atoms with Gasteiger partial charge in [0.25, 0.3) is 0 Å². The second kappa shape index (κ2) is 5.87. The van der Waals surface area contributed by atoms with Gasteiger partial charge in [0, 0.05) is 12.3 Å². The van der Waals surface area contributed by atoms with Gasteiger partial charge in [-0.15, -0.1) is 0 Å². The number of carbonyl (C=O) groups is 2. The van der Waals surface area contributed by atoms with Gasteiger partial charge < -0.3 is 10.4 Å². The summed E-state index contributed by atoms with van der Waals surface area (Å²) >= 11 is 0. The number of aliphatic carboxylic acids is 1. The number of rotatable bonds is 6. The minimum absolute atomic E-state index is 0.0479. The number of carboxylic acid groups (broad SMARTS) is 1. The van der Waals surface area contributed by atoms with Crippen LogP contribution < -0.4 is 5.32 Å². The third-order valence-corrected chi connectivity index (χ3v) is 3.61. The van der Waals surface area contributed by atoms with E-state index < -0.39 is 5.97 Å². The summed E-state index contributed by atoms with van der Waals surface area (Å²) in [7, 11) is 0. The fraction of sp³-hybridized carbons (Fsp3) is 0.467. The van der Waals surface area contributed by atoms with Crippen molar-refractivity contribution >= 4 is 11.9 Å². The van der Waals surface area contributed by atoms with Crippen LogP contribution in [0.25, 0.3) is 0 Å². The normalized spacial score (nSPS) is 22.6. The standard InChI is InChI=1S/C15H19NO3/c1-10-9-12(10)15(19)16-13(7-8-14(17)18)11-5-3-2-4-6-11/h2-6,10,12-13H,7-9H2,1H3,(H,16,19)(H,17,18)/t10-,12-,13-/m1/s1. The molecular weight excluding hydrogens is 242 g/mol. The monoisotopic (exact) mass is 261 g/mol. The van der Waals surface area contributed by atoms with E-state index in [9.17, 15) is 9.59 Å². The molecule has 0 saturated heterocycles. The zero-order chi connectivity index (χ0) is 13.8. The van der Waals surface area contributed by atoms with E-state index in [2.05, 4.69) is 12.2 Å². The second-order valence-electron chi connectivity index (χ2n) is 5.22. The van der Waals surface area contributed by atoms with Crippen LogP contribution in [0, 0.1) is 11.8 Å². The van der Waals surface area contributed by atoms with Crippen molar-refractivity contribution in [2.45, 2.75) is 32.2 Å². The van der Waals surface area contributed by atoms with Gasteiger partial charge in [0.1, 0.15) is 0 Å². The first kappa shape index (κ1) is 13.6. The average molecular weight is 261 g/mol. The summed E-state index contributed by atoms with van der Waals surface area (Å²) in [6.45, 7) is 2.05. The molecule has 0 bridgehead atoms. The summed E-state index contributed by atoms with van der Waals surface area (Å²) in [5.74, 6) is -0.228. The Morgan fingerprint density at radius 2 is 2.00 bits per heavy atom. The molecule has 1 amide bonds. The minimum atomic E-state index is -0.838.